The quantitative estimate of drug-likeness (QED) is 0.425. The van der Waals surface area contributed by atoms with Gasteiger partial charge in [0.15, 0.2) is 0 Å². The zero-order valence-corrected chi connectivity index (χ0v) is 17.8. The Morgan fingerprint density at radius 2 is 2.04 bits per heavy atom. The van der Waals surface area contributed by atoms with Crippen LogP contribution < -0.4 is 15.0 Å². The van der Waals surface area contributed by atoms with Gasteiger partial charge in [-0.15, -0.1) is 0 Å². The molecule has 1 aromatic carbocycles. The molecule has 0 fully saturated rings. The van der Waals surface area contributed by atoms with Crippen molar-refractivity contribution in [3.05, 3.63) is 45.9 Å². The number of halogens is 1. The van der Waals surface area contributed by atoms with Crippen molar-refractivity contribution in [3.8, 4) is 11.1 Å². The average molecular weight is 494 g/mol. The predicted octanol–water partition coefficient (Wildman–Crippen LogP) is 2.22. The Labute approximate surface area is 162 Å². The van der Waals surface area contributed by atoms with Crippen molar-refractivity contribution in [2.45, 2.75) is 6.92 Å². The average Bonchev–Trinajstić information content (AvgIpc) is 2.58. The van der Waals surface area contributed by atoms with Gasteiger partial charge in [-0.2, -0.15) is 0 Å². The van der Waals surface area contributed by atoms with E-state index in [4.69, 9.17) is 0 Å². The van der Waals surface area contributed by atoms with E-state index in [-0.39, 0.29) is 6.03 Å². The molecule has 3 rings (SSSR count). The van der Waals surface area contributed by atoms with Gasteiger partial charge in [-0.1, -0.05) is 0 Å². The fraction of sp³-hybridized carbons (Fsp3) is 0.118. The number of rotatable bonds is 2. The second-order valence-corrected chi connectivity index (χ2v) is 7.63. The summed E-state index contributed by atoms with van der Waals surface area (Å²) in [5.41, 5.74) is 3.47. The first kappa shape index (κ1) is 17.2. The van der Waals surface area contributed by atoms with Gasteiger partial charge in [-0.25, -0.2) is 0 Å². The van der Waals surface area contributed by atoms with E-state index in [2.05, 4.69) is 56.2 Å². The molecular weight excluding hydrogens is 478 g/mol. The van der Waals surface area contributed by atoms with Gasteiger partial charge in [-0.3, -0.25) is 0 Å². The molecule has 122 valence electrons. The summed E-state index contributed by atoms with van der Waals surface area (Å²) in [6, 6.07) is 5.78. The molecule has 0 saturated carbocycles. The number of nitrogens with zero attached hydrogens (tertiary/aromatic N) is 2. The number of benzene rings is 1. The van der Waals surface area contributed by atoms with Gasteiger partial charge in [0.25, 0.3) is 0 Å². The SMILES string of the molecule is CNC(=O)Nc1cc2cc(-c3cnccc3C)c(I)c([AsH2])c2cn1. The van der Waals surface area contributed by atoms with E-state index in [9.17, 15) is 4.79 Å². The summed E-state index contributed by atoms with van der Waals surface area (Å²) >= 11 is 3.95. The Balaban J connectivity index is 2.19. The molecule has 2 N–H and O–H groups in total. The number of carbonyl (C=O) groups excluding carboxylic acids is 1. The third-order valence-electron chi connectivity index (χ3n) is 3.80. The number of aromatic nitrogens is 2. The third-order valence-corrected chi connectivity index (χ3v) is 7.45. The first-order valence-electron chi connectivity index (χ1n) is 7.28. The van der Waals surface area contributed by atoms with Crippen LogP contribution in [0.1, 0.15) is 5.56 Å². The third kappa shape index (κ3) is 3.26. The van der Waals surface area contributed by atoms with Gasteiger partial charge < -0.3 is 0 Å². The molecule has 7 heteroatoms. The number of amides is 2. The molecule has 24 heavy (non-hydrogen) atoms. The molecule has 1 atom stereocenters. The van der Waals surface area contributed by atoms with Crippen LogP contribution in [-0.4, -0.2) is 39.9 Å². The van der Waals surface area contributed by atoms with Crippen LogP contribution in [0.5, 0.6) is 0 Å². The van der Waals surface area contributed by atoms with E-state index < -0.39 is 0 Å². The number of hydrogen-bond acceptors (Lipinski definition) is 3. The molecule has 2 aromatic heterocycles. The van der Waals surface area contributed by atoms with Crippen molar-refractivity contribution in [3.63, 3.8) is 0 Å². The number of aryl methyl sites for hydroxylation is 1. The van der Waals surface area contributed by atoms with Crippen LogP contribution in [-0.2, 0) is 0 Å². The Morgan fingerprint density at radius 1 is 1.25 bits per heavy atom. The van der Waals surface area contributed by atoms with Gasteiger partial charge in [0.1, 0.15) is 0 Å². The molecule has 0 bridgehead atoms. The van der Waals surface area contributed by atoms with E-state index >= 15 is 0 Å². The molecule has 0 aliphatic carbocycles. The Hall–Kier alpha value is -1.66. The second kappa shape index (κ2) is 7.07. The molecule has 1 unspecified atom stereocenters. The van der Waals surface area contributed by atoms with Crippen LogP contribution in [0, 0.1) is 10.5 Å². The van der Waals surface area contributed by atoms with Crippen molar-refractivity contribution in [1.82, 2.24) is 15.3 Å². The van der Waals surface area contributed by atoms with Crippen molar-refractivity contribution in [1.29, 1.82) is 0 Å². The Kier molecular flexibility index (Phi) is 5.06. The predicted molar refractivity (Wildman–Crippen MR) is 109 cm³/mol. The molecule has 0 aliphatic heterocycles. The minimum absolute atomic E-state index is 0.281. The van der Waals surface area contributed by atoms with Crippen molar-refractivity contribution in [2.75, 3.05) is 12.4 Å². The number of anilines is 1. The molecule has 5 nitrogen and oxygen atoms in total. The number of pyridine rings is 2. The minimum atomic E-state index is -0.281. The summed E-state index contributed by atoms with van der Waals surface area (Å²) in [7, 11) is 1.58. The first-order chi connectivity index (χ1) is 11.5. The van der Waals surface area contributed by atoms with Crippen LogP contribution in [0.4, 0.5) is 10.6 Å². The normalized spacial score (nSPS) is 10.7. The zero-order chi connectivity index (χ0) is 17.3. The van der Waals surface area contributed by atoms with Gasteiger partial charge in [0, 0.05) is 0 Å². The van der Waals surface area contributed by atoms with Crippen LogP contribution in [0.25, 0.3) is 21.9 Å². The molecule has 2 amide bonds. The summed E-state index contributed by atoms with van der Waals surface area (Å²) < 4.78 is 2.45. The van der Waals surface area contributed by atoms with Gasteiger partial charge in [-0.05, 0) is 0 Å². The van der Waals surface area contributed by atoms with E-state index in [1.807, 2.05) is 24.5 Å². The molecule has 0 spiro atoms. The summed E-state index contributed by atoms with van der Waals surface area (Å²) in [6.45, 7) is 2.09. The number of nitrogens with one attached hydrogen (secondary N) is 2. The number of urea groups is 1. The van der Waals surface area contributed by atoms with E-state index in [1.54, 1.807) is 30.1 Å². The van der Waals surface area contributed by atoms with Crippen LogP contribution in [0.15, 0.2) is 36.8 Å². The Bertz CT molecular complexity index is 945. The fourth-order valence-corrected chi connectivity index (χ4v) is 4.06. The fourth-order valence-electron chi connectivity index (χ4n) is 2.49. The van der Waals surface area contributed by atoms with E-state index in [0.717, 1.165) is 21.9 Å². The summed E-state index contributed by atoms with van der Waals surface area (Å²) in [4.78, 5) is 20.1. The number of carbonyl (C=O) groups is 1. The Morgan fingerprint density at radius 3 is 2.75 bits per heavy atom. The zero-order valence-electron chi connectivity index (χ0n) is 13.2. The maximum atomic E-state index is 11.5. The van der Waals surface area contributed by atoms with Crippen molar-refractivity contribution in [2.24, 2.45) is 0 Å². The van der Waals surface area contributed by atoms with E-state index in [1.165, 1.54) is 13.5 Å². The van der Waals surface area contributed by atoms with Crippen LogP contribution >= 0.6 is 22.6 Å². The van der Waals surface area contributed by atoms with Gasteiger partial charge >= 0.3 is 163 Å². The molecule has 0 saturated heterocycles. The summed E-state index contributed by atoms with van der Waals surface area (Å²) in [5, 5.41) is 7.40. The van der Waals surface area contributed by atoms with Crippen molar-refractivity contribution >= 4 is 66.4 Å². The molecular formula is C17H16AsIN4O. The van der Waals surface area contributed by atoms with Crippen molar-refractivity contribution < 1.29 is 4.79 Å². The van der Waals surface area contributed by atoms with Crippen LogP contribution in [0.2, 0.25) is 0 Å². The van der Waals surface area contributed by atoms with Gasteiger partial charge in [0.2, 0.25) is 0 Å². The molecule has 2 heterocycles. The van der Waals surface area contributed by atoms with Crippen LogP contribution in [0.3, 0.4) is 0 Å². The topological polar surface area (TPSA) is 66.9 Å². The molecule has 0 radical (unpaired) electrons. The number of hydrogen-bond donors (Lipinski definition) is 2. The van der Waals surface area contributed by atoms with Gasteiger partial charge in [0.05, 0.1) is 0 Å². The maximum absolute atomic E-state index is 11.5. The number of fused-ring (bicyclic) bond motifs is 1. The monoisotopic (exact) mass is 494 g/mol. The molecule has 3 aromatic rings. The second-order valence-electron chi connectivity index (χ2n) is 5.34. The summed E-state index contributed by atoms with van der Waals surface area (Å²) in [6.07, 6.45) is 5.52. The summed E-state index contributed by atoms with van der Waals surface area (Å²) in [5.74, 6) is 0.531. The molecule has 0 aliphatic rings. The standard InChI is InChI=1S/C17H16AsIN4O/c1-9-3-4-21-7-12(9)11-5-10-6-14(23-17(24)20-2)22-8-13(10)15(18)16(11)19/h3-8H,18H2,1-2H3,(H2,20,22,23,24). The first-order valence-corrected chi connectivity index (χ1v) is 9.57. The van der Waals surface area contributed by atoms with E-state index in [0.29, 0.717) is 5.82 Å².